The Labute approximate surface area is 107 Å². The first-order valence-corrected chi connectivity index (χ1v) is 6.26. The van der Waals surface area contributed by atoms with Gasteiger partial charge in [-0.3, -0.25) is 10.00 Å². The molecule has 0 radical (unpaired) electrons. The Bertz CT molecular complexity index is 418. The predicted octanol–water partition coefficient (Wildman–Crippen LogP) is 1.04. The van der Waals surface area contributed by atoms with E-state index in [-0.39, 0.29) is 18.1 Å². The van der Waals surface area contributed by atoms with Gasteiger partial charge in [0.25, 0.3) is 0 Å². The second-order valence-corrected chi connectivity index (χ2v) is 4.91. The summed E-state index contributed by atoms with van der Waals surface area (Å²) in [6.07, 6.45) is 4.25. The third-order valence-corrected chi connectivity index (χ3v) is 3.53. The summed E-state index contributed by atoms with van der Waals surface area (Å²) in [5, 5.41) is 16.5. The van der Waals surface area contributed by atoms with Crippen LogP contribution in [-0.2, 0) is 7.05 Å². The van der Waals surface area contributed by atoms with Crippen molar-refractivity contribution in [1.82, 2.24) is 14.7 Å². The third kappa shape index (κ3) is 2.81. The van der Waals surface area contributed by atoms with Gasteiger partial charge in [0.05, 0.1) is 12.3 Å². The Balaban J connectivity index is 1.87. The molecule has 2 N–H and O–H groups in total. The van der Waals surface area contributed by atoms with Gasteiger partial charge in [0.1, 0.15) is 5.82 Å². The number of aromatic nitrogens is 2. The van der Waals surface area contributed by atoms with E-state index in [1.54, 1.807) is 35.9 Å². The molecule has 1 aliphatic carbocycles. The molecule has 0 unspecified atom stereocenters. The van der Waals surface area contributed by atoms with E-state index in [9.17, 15) is 9.90 Å². The molecule has 18 heavy (non-hydrogen) atoms. The predicted molar refractivity (Wildman–Crippen MR) is 68.2 cm³/mol. The summed E-state index contributed by atoms with van der Waals surface area (Å²) in [6, 6.07) is 1.58. The van der Waals surface area contributed by atoms with Crippen LogP contribution in [0.4, 0.5) is 10.6 Å². The number of hydrogen-bond acceptors (Lipinski definition) is 3. The normalized spacial score (nSPS) is 23.1. The Hall–Kier alpha value is -1.56. The number of anilines is 1. The molecule has 0 spiro atoms. The highest BCUT2D eigenvalue weighted by Gasteiger charge is 2.27. The van der Waals surface area contributed by atoms with Crippen molar-refractivity contribution in [3.63, 3.8) is 0 Å². The lowest BCUT2D eigenvalue weighted by atomic mass is 10.1. The molecule has 0 aliphatic heterocycles. The molecule has 1 aromatic rings. The molecule has 0 saturated heterocycles. The first-order valence-electron chi connectivity index (χ1n) is 6.26. The molecule has 2 rings (SSSR count). The molecule has 0 aromatic carbocycles. The highest BCUT2D eigenvalue weighted by molar-refractivity contribution is 5.88. The van der Waals surface area contributed by atoms with Crippen LogP contribution in [0.5, 0.6) is 0 Å². The van der Waals surface area contributed by atoms with Gasteiger partial charge in [-0.2, -0.15) is 5.10 Å². The Kier molecular flexibility index (Phi) is 3.86. The zero-order chi connectivity index (χ0) is 13.1. The summed E-state index contributed by atoms with van der Waals surface area (Å²) in [4.78, 5) is 13.6. The minimum Gasteiger partial charge on any atom is -0.393 e. The van der Waals surface area contributed by atoms with Gasteiger partial charge in [-0.15, -0.1) is 0 Å². The highest BCUT2D eigenvalue weighted by atomic mass is 16.3. The quantitative estimate of drug-likeness (QED) is 0.844. The Morgan fingerprint density at radius 2 is 2.44 bits per heavy atom. The van der Waals surface area contributed by atoms with Crippen LogP contribution in [0.15, 0.2) is 12.3 Å². The summed E-state index contributed by atoms with van der Waals surface area (Å²) >= 11 is 0. The summed E-state index contributed by atoms with van der Waals surface area (Å²) in [7, 11) is 3.52. The summed E-state index contributed by atoms with van der Waals surface area (Å²) < 4.78 is 1.61. The van der Waals surface area contributed by atoms with E-state index in [1.165, 1.54) is 0 Å². The van der Waals surface area contributed by atoms with Crippen LogP contribution in [0, 0.1) is 5.92 Å². The van der Waals surface area contributed by atoms with Crippen molar-refractivity contribution < 1.29 is 9.90 Å². The van der Waals surface area contributed by atoms with Gasteiger partial charge in [-0.05, 0) is 12.8 Å². The van der Waals surface area contributed by atoms with Crippen LogP contribution < -0.4 is 5.32 Å². The number of hydrogen-bond donors (Lipinski definition) is 2. The van der Waals surface area contributed by atoms with Crippen molar-refractivity contribution in [3.05, 3.63) is 12.3 Å². The van der Waals surface area contributed by atoms with Gasteiger partial charge >= 0.3 is 6.03 Å². The van der Waals surface area contributed by atoms with E-state index in [2.05, 4.69) is 10.4 Å². The first kappa shape index (κ1) is 12.9. The number of aryl methyl sites for hydroxylation is 1. The van der Waals surface area contributed by atoms with Crippen LogP contribution >= 0.6 is 0 Å². The van der Waals surface area contributed by atoms with Crippen molar-refractivity contribution in [2.24, 2.45) is 13.0 Å². The number of rotatable bonds is 3. The van der Waals surface area contributed by atoms with Crippen LogP contribution in [0.1, 0.15) is 19.3 Å². The average Bonchev–Trinajstić information content (AvgIpc) is 2.90. The molecular weight excluding hydrogens is 232 g/mol. The fraction of sp³-hybridized carbons (Fsp3) is 0.667. The highest BCUT2D eigenvalue weighted by Crippen LogP contribution is 2.26. The second kappa shape index (κ2) is 5.39. The molecule has 2 amide bonds. The van der Waals surface area contributed by atoms with E-state index >= 15 is 0 Å². The lowest BCUT2D eigenvalue weighted by Crippen LogP contribution is -2.37. The second-order valence-electron chi connectivity index (χ2n) is 4.91. The standard InChI is InChI=1S/C12H20N4O2/c1-15(8-9-4-3-5-10(9)17)12(18)14-11-6-7-13-16(11)2/h6-7,9-10,17H,3-5,8H2,1-2H3,(H,14,18)/t9-,10-/m1/s1. The van der Waals surface area contributed by atoms with E-state index in [4.69, 9.17) is 0 Å². The van der Waals surface area contributed by atoms with Gasteiger partial charge in [0, 0.05) is 32.6 Å². The Morgan fingerprint density at radius 3 is 3.00 bits per heavy atom. The summed E-state index contributed by atoms with van der Waals surface area (Å²) in [6.45, 7) is 0.588. The van der Waals surface area contributed by atoms with Gasteiger partial charge in [-0.25, -0.2) is 4.79 Å². The van der Waals surface area contributed by atoms with Crippen LogP contribution in [0.2, 0.25) is 0 Å². The average molecular weight is 252 g/mol. The van der Waals surface area contributed by atoms with Crippen LogP contribution in [0.3, 0.4) is 0 Å². The molecule has 100 valence electrons. The maximum absolute atomic E-state index is 11.9. The fourth-order valence-electron chi connectivity index (χ4n) is 2.37. The van der Waals surface area contributed by atoms with Crippen molar-refractivity contribution in [3.8, 4) is 0 Å². The number of urea groups is 1. The molecule has 1 heterocycles. The van der Waals surface area contributed by atoms with Crippen LogP contribution in [0.25, 0.3) is 0 Å². The monoisotopic (exact) mass is 252 g/mol. The minimum absolute atomic E-state index is 0.169. The topological polar surface area (TPSA) is 70.4 Å². The maximum atomic E-state index is 11.9. The number of aliphatic hydroxyl groups is 1. The number of aliphatic hydroxyl groups excluding tert-OH is 1. The molecule has 1 aliphatic rings. The summed E-state index contributed by atoms with van der Waals surface area (Å²) in [5.41, 5.74) is 0. The first-order chi connectivity index (χ1) is 8.58. The van der Waals surface area contributed by atoms with Crippen molar-refractivity contribution in [1.29, 1.82) is 0 Å². The molecule has 1 fully saturated rings. The number of carbonyl (C=O) groups excluding carboxylic acids is 1. The Morgan fingerprint density at radius 1 is 1.67 bits per heavy atom. The minimum atomic E-state index is -0.267. The molecule has 0 bridgehead atoms. The van der Waals surface area contributed by atoms with E-state index in [1.807, 2.05) is 0 Å². The van der Waals surface area contributed by atoms with Gasteiger partial charge in [-0.1, -0.05) is 6.42 Å². The largest absolute Gasteiger partial charge is 0.393 e. The number of carbonyl (C=O) groups is 1. The molecule has 2 atom stereocenters. The molecule has 1 aromatic heterocycles. The van der Waals surface area contributed by atoms with E-state index in [0.717, 1.165) is 19.3 Å². The molecule has 6 heteroatoms. The molecular formula is C12H20N4O2. The number of amides is 2. The summed E-state index contributed by atoms with van der Waals surface area (Å²) in [5.74, 6) is 0.867. The van der Waals surface area contributed by atoms with E-state index in [0.29, 0.717) is 12.4 Å². The SMILES string of the molecule is CN(C[C@H]1CCC[C@H]1O)C(=O)Nc1ccnn1C. The zero-order valence-corrected chi connectivity index (χ0v) is 10.8. The fourth-order valence-corrected chi connectivity index (χ4v) is 2.37. The van der Waals surface area contributed by atoms with Gasteiger partial charge in [0.15, 0.2) is 0 Å². The third-order valence-electron chi connectivity index (χ3n) is 3.53. The molecule has 6 nitrogen and oxygen atoms in total. The van der Waals surface area contributed by atoms with E-state index < -0.39 is 0 Å². The van der Waals surface area contributed by atoms with Crippen molar-refractivity contribution in [2.75, 3.05) is 18.9 Å². The number of nitrogens with zero attached hydrogens (tertiary/aromatic N) is 3. The lowest BCUT2D eigenvalue weighted by Gasteiger charge is -2.23. The maximum Gasteiger partial charge on any atom is 0.322 e. The van der Waals surface area contributed by atoms with Crippen LogP contribution in [-0.4, -0.2) is 45.5 Å². The molecule has 1 saturated carbocycles. The number of nitrogens with one attached hydrogen (secondary N) is 1. The smallest absolute Gasteiger partial charge is 0.322 e. The lowest BCUT2D eigenvalue weighted by molar-refractivity contribution is 0.116. The zero-order valence-electron chi connectivity index (χ0n) is 10.8. The van der Waals surface area contributed by atoms with Gasteiger partial charge < -0.3 is 10.0 Å². The van der Waals surface area contributed by atoms with Crippen molar-refractivity contribution in [2.45, 2.75) is 25.4 Å². The van der Waals surface area contributed by atoms with Gasteiger partial charge in [0.2, 0.25) is 0 Å². The van der Waals surface area contributed by atoms with Crippen molar-refractivity contribution >= 4 is 11.8 Å².